The summed E-state index contributed by atoms with van der Waals surface area (Å²) in [5.74, 6) is 2.30. The molecule has 2 amide bonds. The van der Waals surface area contributed by atoms with Crippen molar-refractivity contribution in [2.24, 2.45) is 5.10 Å². The van der Waals surface area contributed by atoms with Crippen LogP contribution in [-0.2, 0) is 16.1 Å². The zero-order valence-electron chi connectivity index (χ0n) is 25.0. The zero-order valence-corrected chi connectivity index (χ0v) is 25.0. The fraction of sp³-hybridized carbons (Fsp3) is 0.281. The van der Waals surface area contributed by atoms with Gasteiger partial charge in [0.2, 0.25) is 6.79 Å². The highest BCUT2D eigenvalue weighted by molar-refractivity contribution is 5.95. The molecule has 13 heteroatoms. The molecule has 3 aromatic rings. The molecule has 0 spiro atoms. The average Bonchev–Trinajstić information content (AvgIpc) is 3.51. The van der Waals surface area contributed by atoms with Crippen LogP contribution in [-0.4, -0.2) is 56.7 Å². The number of carbonyl (C=O) groups excluding carboxylic acids is 2. The molecule has 0 aliphatic carbocycles. The minimum atomic E-state index is -1.13. The largest absolute Gasteiger partial charge is 0.490 e. The van der Waals surface area contributed by atoms with Gasteiger partial charge in [-0.2, -0.15) is 5.10 Å². The number of methoxy groups -OCH3 is 1. The molecule has 2 heterocycles. The molecule has 0 saturated carbocycles. The molecule has 0 saturated heterocycles. The van der Waals surface area contributed by atoms with Crippen LogP contribution in [0.1, 0.15) is 36.6 Å². The number of fused-ring (bicyclic) bond motifs is 1. The third-order valence-corrected chi connectivity index (χ3v) is 6.83. The molecule has 5 rings (SSSR count). The van der Waals surface area contributed by atoms with E-state index in [1.165, 1.54) is 7.11 Å². The van der Waals surface area contributed by atoms with Crippen LogP contribution >= 0.6 is 0 Å². The first kappa shape index (κ1) is 31.0. The van der Waals surface area contributed by atoms with Gasteiger partial charge in [-0.1, -0.05) is 12.1 Å². The number of allylic oxidation sites excluding steroid dienone is 1. The van der Waals surface area contributed by atoms with E-state index >= 15 is 0 Å². The highest BCUT2D eigenvalue weighted by atomic mass is 16.7. The maximum absolute atomic E-state index is 12.4. The maximum atomic E-state index is 12.4. The molecule has 0 unspecified atom stereocenters. The van der Waals surface area contributed by atoms with E-state index in [-0.39, 0.29) is 19.0 Å². The number of hydrogen-bond donors (Lipinski definition) is 4. The van der Waals surface area contributed by atoms with Gasteiger partial charge in [-0.15, -0.1) is 0 Å². The van der Waals surface area contributed by atoms with Crippen LogP contribution in [0.2, 0.25) is 0 Å². The highest BCUT2D eigenvalue weighted by Crippen LogP contribution is 2.35. The van der Waals surface area contributed by atoms with Crippen molar-refractivity contribution in [3.63, 3.8) is 0 Å². The normalized spacial score (nSPS) is 16.1. The second-order valence-electron chi connectivity index (χ2n) is 9.96. The topological polar surface area (TPSA) is 158 Å². The number of aliphatic hydroxyl groups is 1. The number of esters is 1. The van der Waals surface area contributed by atoms with Crippen molar-refractivity contribution in [2.75, 3.05) is 27.1 Å². The number of amides is 2. The maximum Gasteiger partial charge on any atom is 0.337 e. The van der Waals surface area contributed by atoms with E-state index in [4.69, 9.17) is 28.4 Å². The third-order valence-electron chi connectivity index (χ3n) is 6.83. The lowest BCUT2D eigenvalue weighted by Crippen LogP contribution is -2.45. The molecule has 0 bridgehead atoms. The van der Waals surface area contributed by atoms with Crippen LogP contribution in [0.4, 0.5) is 4.79 Å². The molecule has 45 heavy (non-hydrogen) atoms. The lowest BCUT2D eigenvalue weighted by molar-refractivity contribution is -0.136. The summed E-state index contributed by atoms with van der Waals surface area (Å²) in [5.41, 5.74) is 5.64. The Bertz CT molecular complexity index is 1590. The predicted molar refractivity (Wildman–Crippen MR) is 162 cm³/mol. The van der Waals surface area contributed by atoms with E-state index in [0.717, 1.165) is 16.9 Å². The first-order valence-corrected chi connectivity index (χ1v) is 14.2. The Morgan fingerprint density at radius 1 is 1.07 bits per heavy atom. The summed E-state index contributed by atoms with van der Waals surface area (Å²) in [4.78, 5) is 24.6. The molecule has 2 aliphatic rings. The first-order valence-electron chi connectivity index (χ1n) is 14.2. The number of carbonyl (C=O) groups is 2. The van der Waals surface area contributed by atoms with E-state index in [0.29, 0.717) is 47.5 Å². The summed E-state index contributed by atoms with van der Waals surface area (Å²) in [6.45, 7) is 4.25. The second kappa shape index (κ2) is 14.4. The van der Waals surface area contributed by atoms with Gasteiger partial charge in [-0.25, -0.2) is 9.59 Å². The molecule has 13 nitrogen and oxygen atoms in total. The van der Waals surface area contributed by atoms with Gasteiger partial charge in [-0.3, -0.25) is 5.43 Å². The highest BCUT2D eigenvalue weighted by Gasteiger charge is 2.32. The molecule has 236 valence electrons. The van der Waals surface area contributed by atoms with Gasteiger partial charge in [0.1, 0.15) is 19.0 Å². The number of ether oxygens (including phenoxy) is 6. The molecule has 0 aromatic heterocycles. The number of nitrogens with zero attached hydrogens (tertiary/aromatic N) is 1. The Hall–Kier alpha value is -5.43. The van der Waals surface area contributed by atoms with Gasteiger partial charge >= 0.3 is 12.0 Å². The third kappa shape index (κ3) is 7.75. The number of hydrazone groups is 1. The van der Waals surface area contributed by atoms with Crippen LogP contribution in [0.3, 0.4) is 0 Å². The van der Waals surface area contributed by atoms with E-state index in [1.807, 2.05) is 49.4 Å². The zero-order chi connectivity index (χ0) is 31.8. The SMILES string of the molecule is CCOc1cc([C@H]2NC(=O)NC(C)=C2C(=O)OC)ccc1OC[C@H](O)N/N=C\c1ccc(OCc2ccc3c(c2)OCO3)cc1. The summed E-state index contributed by atoms with van der Waals surface area (Å²) >= 11 is 0. The first-order chi connectivity index (χ1) is 21.8. The van der Waals surface area contributed by atoms with Crippen molar-refractivity contribution < 1.29 is 43.1 Å². The summed E-state index contributed by atoms with van der Waals surface area (Å²) in [5, 5.41) is 19.8. The Balaban J connectivity index is 1.13. The van der Waals surface area contributed by atoms with E-state index < -0.39 is 24.3 Å². The van der Waals surface area contributed by atoms with E-state index in [9.17, 15) is 14.7 Å². The van der Waals surface area contributed by atoms with Gasteiger partial charge in [0, 0.05) is 5.70 Å². The standard InChI is InChI=1S/C32H34N4O9/c1-4-41-27-14-22(30-29(31(38)40-3)19(2)34-32(39)35-30)8-12-24(27)43-17-28(37)36-33-15-20-5-9-23(10-6-20)42-16-21-7-11-25-26(13-21)45-18-44-25/h5-15,28,30,36-37H,4,16-18H2,1-3H3,(H2,34,35,39)/b33-15-/t28-,30+/m0/s1. The lowest BCUT2D eigenvalue weighted by Gasteiger charge is -2.28. The number of hydrogen-bond acceptors (Lipinski definition) is 11. The number of nitrogens with one attached hydrogen (secondary N) is 3. The van der Waals surface area contributed by atoms with E-state index in [2.05, 4.69) is 21.2 Å². The number of aliphatic hydroxyl groups excluding tert-OH is 1. The Morgan fingerprint density at radius 3 is 2.64 bits per heavy atom. The molecule has 0 radical (unpaired) electrons. The molecule has 3 aromatic carbocycles. The van der Waals surface area contributed by atoms with Crippen molar-refractivity contribution in [1.29, 1.82) is 0 Å². The molecular formula is C32H34N4O9. The van der Waals surface area contributed by atoms with Gasteiger partial charge in [-0.05, 0) is 79.1 Å². The number of rotatable bonds is 13. The van der Waals surface area contributed by atoms with Crippen LogP contribution < -0.4 is 39.7 Å². The lowest BCUT2D eigenvalue weighted by atomic mass is 9.95. The predicted octanol–water partition coefficient (Wildman–Crippen LogP) is 3.51. The van der Waals surface area contributed by atoms with Gasteiger partial charge < -0.3 is 44.2 Å². The quantitative estimate of drug-likeness (QED) is 0.0967. The molecule has 0 fully saturated rings. The molecule has 4 N–H and O–H groups in total. The molecule has 2 atom stereocenters. The fourth-order valence-corrected chi connectivity index (χ4v) is 4.67. The summed E-state index contributed by atoms with van der Waals surface area (Å²) < 4.78 is 33.0. The minimum Gasteiger partial charge on any atom is -0.490 e. The van der Waals surface area contributed by atoms with Gasteiger partial charge in [0.25, 0.3) is 0 Å². The van der Waals surface area contributed by atoms with Crippen LogP contribution in [0.25, 0.3) is 0 Å². The monoisotopic (exact) mass is 618 g/mol. The fourth-order valence-electron chi connectivity index (χ4n) is 4.67. The Labute approximate surface area is 259 Å². The van der Waals surface area contributed by atoms with Gasteiger partial charge in [0.05, 0.1) is 31.5 Å². The summed E-state index contributed by atoms with van der Waals surface area (Å²) in [6, 6.07) is 16.8. The van der Waals surface area contributed by atoms with Crippen molar-refractivity contribution in [1.82, 2.24) is 16.1 Å². The number of urea groups is 1. The van der Waals surface area contributed by atoms with Gasteiger partial charge in [0.15, 0.2) is 29.2 Å². The van der Waals surface area contributed by atoms with Crippen LogP contribution in [0.15, 0.2) is 77.0 Å². The average molecular weight is 619 g/mol. The summed E-state index contributed by atoms with van der Waals surface area (Å²) in [7, 11) is 1.28. The molecular weight excluding hydrogens is 584 g/mol. The number of benzene rings is 3. The second-order valence-corrected chi connectivity index (χ2v) is 9.96. The van der Waals surface area contributed by atoms with Crippen molar-refractivity contribution in [3.8, 4) is 28.7 Å². The smallest absolute Gasteiger partial charge is 0.337 e. The molecule has 2 aliphatic heterocycles. The Morgan fingerprint density at radius 2 is 1.87 bits per heavy atom. The van der Waals surface area contributed by atoms with Crippen molar-refractivity contribution >= 4 is 18.2 Å². The Kier molecular flexibility index (Phi) is 9.90. The van der Waals surface area contributed by atoms with Crippen LogP contribution in [0, 0.1) is 0 Å². The van der Waals surface area contributed by atoms with E-state index in [1.54, 1.807) is 31.3 Å². The minimum absolute atomic E-state index is 0.139. The van der Waals surface area contributed by atoms with Crippen molar-refractivity contribution in [2.45, 2.75) is 32.7 Å². The summed E-state index contributed by atoms with van der Waals surface area (Å²) in [6.07, 6.45) is 0.437. The van der Waals surface area contributed by atoms with Crippen LogP contribution in [0.5, 0.6) is 28.7 Å². The van der Waals surface area contributed by atoms with Crippen molar-refractivity contribution in [3.05, 3.63) is 88.6 Å².